The number of rotatable bonds is 5. The number of nitrogens with zero attached hydrogens (tertiary/aromatic N) is 1. The van der Waals surface area contributed by atoms with Crippen molar-refractivity contribution in [1.82, 2.24) is 10.2 Å². The molecule has 0 spiro atoms. The topological polar surface area (TPSA) is 41.6 Å². The molecule has 1 heterocycles. The highest BCUT2D eigenvalue weighted by atomic mass is 35.5. The monoisotopic (exact) mass is 352 g/mol. The Morgan fingerprint density at radius 1 is 1.08 bits per heavy atom. The van der Waals surface area contributed by atoms with Crippen LogP contribution in [0.5, 0.6) is 0 Å². The zero-order valence-corrected chi connectivity index (χ0v) is 15.1. The van der Waals surface area contributed by atoms with Crippen molar-refractivity contribution in [2.75, 3.05) is 19.7 Å². The van der Waals surface area contributed by atoms with Crippen LogP contribution >= 0.6 is 12.4 Å². The number of likely N-dealkylation sites (tertiary alicyclic amines) is 1. The Morgan fingerprint density at radius 2 is 1.75 bits per heavy atom. The van der Waals surface area contributed by atoms with Gasteiger partial charge in [-0.1, -0.05) is 30.3 Å². The fourth-order valence-corrected chi connectivity index (χ4v) is 3.57. The molecule has 1 aromatic rings. The van der Waals surface area contributed by atoms with Crippen LogP contribution in [-0.4, -0.2) is 36.7 Å². The second kappa shape index (κ2) is 9.90. The maximum absolute atomic E-state index is 11.9. The molecule has 1 aliphatic heterocycles. The van der Waals surface area contributed by atoms with E-state index < -0.39 is 0 Å². The highest BCUT2D eigenvalue weighted by Gasteiger charge is 2.24. The number of halogens is 1. The second-order valence-corrected chi connectivity index (χ2v) is 6.86. The van der Waals surface area contributed by atoms with Gasteiger partial charge in [-0.3, -0.25) is 0 Å². The quantitative estimate of drug-likeness (QED) is 0.871. The largest absolute Gasteiger partial charge is 0.449 e. The minimum absolute atomic E-state index is 0. The van der Waals surface area contributed by atoms with Crippen molar-refractivity contribution in [2.24, 2.45) is 5.92 Å². The van der Waals surface area contributed by atoms with Crippen molar-refractivity contribution >= 4 is 18.5 Å². The smallest absolute Gasteiger partial charge is 0.409 e. The fourth-order valence-electron chi connectivity index (χ4n) is 3.57. The molecule has 1 saturated heterocycles. The zero-order valence-electron chi connectivity index (χ0n) is 14.3. The average molecular weight is 353 g/mol. The first kappa shape index (κ1) is 19.1. The zero-order chi connectivity index (χ0) is 15.9. The molecule has 3 rings (SSSR count). The number of nitrogens with one attached hydrogen (secondary N) is 1. The van der Waals surface area contributed by atoms with Gasteiger partial charge in [0.05, 0.1) is 6.61 Å². The lowest BCUT2D eigenvalue weighted by atomic mass is 9.86. The van der Waals surface area contributed by atoms with Gasteiger partial charge in [0.2, 0.25) is 0 Å². The van der Waals surface area contributed by atoms with Crippen molar-refractivity contribution < 1.29 is 9.53 Å². The van der Waals surface area contributed by atoms with E-state index in [0.29, 0.717) is 18.6 Å². The number of hydrogen-bond donors (Lipinski definition) is 1. The van der Waals surface area contributed by atoms with Crippen LogP contribution in [0, 0.1) is 5.92 Å². The van der Waals surface area contributed by atoms with E-state index in [-0.39, 0.29) is 18.5 Å². The SMILES string of the molecule is Cl.O=C(OCC1CCC(NCc2ccccc2)CC1)N1CCCC1. The third-order valence-electron chi connectivity index (χ3n) is 5.09. The molecule has 0 aromatic heterocycles. The summed E-state index contributed by atoms with van der Waals surface area (Å²) in [5.74, 6) is 0.538. The Bertz CT molecular complexity index is 483. The number of benzene rings is 1. The Labute approximate surface area is 151 Å². The summed E-state index contributed by atoms with van der Waals surface area (Å²) in [5.41, 5.74) is 1.34. The standard InChI is InChI=1S/C19H28N2O2.ClH/c22-19(21-12-4-5-13-21)23-15-17-8-10-18(11-9-17)20-14-16-6-2-1-3-7-16;/h1-3,6-7,17-18,20H,4-5,8-15H2;1H. The van der Waals surface area contributed by atoms with Crippen LogP contribution in [0.25, 0.3) is 0 Å². The van der Waals surface area contributed by atoms with Crippen LogP contribution in [0.15, 0.2) is 30.3 Å². The summed E-state index contributed by atoms with van der Waals surface area (Å²) in [7, 11) is 0. The van der Waals surface area contributed by atoms with Gasteiger partial charge >= 0.3 is 6.09 Å². The van der Waals surface area contributed by atoms with E-state index in [1.165, 1.54) is 18.4 Å². The molecule has 2 aliphatic rings. The van der Waals surface area contributed by atoms with Crippen LogP contribution in [-0.2, 0) is 11.3 Å². The number of amides is 1. The minimum Gasteiger partial charge on any atom is -0.449 e. The van der Waals surface area contributed by atoms with Crippen molar-refractivity contribution in [3.63, 3.8) is 0 Å². The summed E-state index contributed by atoms with van der Waals surface area (Å²) in [6.07, 6.45) is 6.80. The molecule has 0 atom stereocenters. The second-order valence-electron chi connectivity index (χ2n) is 6.86. The molecule has 1 aliphatic carbocycles. The van der Waals surface area contributed by atoms with Gasteiger partial charge in [0.15, 0.2) is 0 Å². The molecule has 2 fully saturated rings. The first-order valence-electron chi connectivity index (χ1n) is 9.00. The highest BCUT2D eigenvalue weighted by molar-refractivity contribution is 5.85. The highest BCUT2D eigenvalue weighted by Crippen LogP contribution is 2.25. The lowest BCUT2D eigenvalue weighted by Gasteiger charge is -2.29. The maximum Gasteiger partial charge on any atom is 0.409 e. The molecular weight excluding hydrogens is 324 g/mol. The molecule has 1 amide bonds. The van der Waals surface area contributed by atoms with Gasteiger partial charge in [0.25, 0.3) is 0 Å². The predicted molar refractivity (Wildman–Crippen MR) is 98.4 cm³/mol. The Kier molecular flexibility index (Phi) is 7.86. The fraction of sp³-hybridized carbons (Fsp3) is 0.632. The first-order chi connectivity index (χ1) is 11.3. The van der Waals surface area contributed by atoms with E-state index in [4.69, 9.17) is 4.74 Å². The van der Waals surface area contributed by atoms with Gasteiger partial charge in [0.1, 0.15) is 0 Å². The van der Waals surface area contributed by atoms with Crippen LogP contribution in [0.3, 0.4) is 0 Å². The van der Waals surface area contributed by atoms with E-state index in [1.807, 2.05) is 4.90 Å². The number of carbonyl (C=O) groups is 1. The molecule has 5 heteroatoms. The molecule has 4 nitrogen and oxygen atoms in total. The third kappa shape index (κ3) is 5.67. The van der Waals surface area contributed by atoms with Crippen LogP contribution in [0.4, 0.5) is 4.79 Å². The van der Waals surface area contributed by atoms with E-state index in [9.17, 15) is 4.79 Å². The maximum atomic E-state index is 11.9. The number of ether oxygens (including phenoxy) is 1. The Hall–Kier alpha value is -1.26. The van der Waals surface area contributed by atoms with Gasteiger partial charge in [-0.25, -0.2) is 4.79 Å². The van der Waals surface area contributed by atoms with Crippen molar-refractivity contribution in [1.29, 1.82) is 0 Å². The molecular formula is C19H29ClN2O2. The van der Waals surface area contributed by atoms with Crippen LogP contribution in [0.2, 0.25) is 0 Å². The van der Waals surface area contributed by atoms with Crippen LogP contribution < -0.4 is 5.32 Å². The molecule has 1 saturated carbocycles. The first-order valence-corrected chi connectivity index (χ1v) is 9.00. The van der Waals surface area contributed by atoms with E-state index in [2.05, 4.69) is 35.6 Å². The van der Waals surface area contributed by atoms with Crippen molar-refractivity contribution in [2.45, 2.75) is 51.1 Å². The van der Waals surface area contributed by atoms with Gasteiger partial charge in [-0.2, -0.15) is 0 Å². The number of hydrogen-bond acceptors (Lipinski definition) is 3. The summed E-state index contributed by atoms with van der Waals surface area (Å²) in [6, 6.07) is 11.1. The van der Waals surface area contributed by atoms with Gasteiger partial charge in [-0.15, -0.1) is 12.4 Å². The van der Waals surface area contributed by atoms with Crippen LogP contribution in [0.1, 0.15) is 44.1 Å². The predicted octanol–water partition coefficient (Wildman–Crippen LogP) is 3.99. The Morgan fingerprint density at radius 3 is 2.42 bits per heavy atom. The van der Waals surface area contributed by atoms with E-state index in [1.54, 1.807) is 0 Å². The summed E-state index contributed by atoms with van der Waals surface area (Å²) in [6.45, 7) is 3.28. The molecule has 24 heavy (non-hydrogen) atoms. The molecule has 0 unspecified atom stereocenters. The molecule has 1 aromatic carbocycles. The summed E-state index contributed by atoms with van der Waals surface area (Å²) in [5, 5.41) is 3.65. The normalized spacial score (nSPS) is 23.6. The van der Waals surface area contributed by atoms with E-state index >= 15 is 0 Å². The lowest BCUT2D eigenvalue weighted by Crippen LogP contribution is -2.35. The van der Waals surface area contributed by atoms with Gasteiger partial charge in [0, 0.05) is 25.7 Å². The summed E-state index contributed by atoms with van der Waals surface area (Å²) >= 11 is 0. The van der Waals surface area contributed by atoms with Gasteiger partial charge in [-0.05, 0) is 50.0 Å². The summed E-state index contributed by atoms with van der Waals surface area (Å²) in [4.78, 5) is 13.7. The average Bonchev–Trinajstić information content (AvgIpc) is 3.14. The van der Waals surface area contributed by atoms with Crippen molar-refractivity contribution in [3.05, 3.63) is 35.9 Å². The van der Waals surface area contributed by atoms with Crippen molar-refractivity contribution in [3.8, 4) is 0 Å². The van der Waals surface area contributed by atoms with Gasteiger partial charge < -0.3 is 15.0 Å². The van der Waals surface area contributed by atoms with E-state index in [0.717, 1.165) is 45.3 Å². The Balaban J connectivity index is 0.00000208. The third-order valence-corrected chi connectivity index (χ3v) is 5.09. The number of carbonyl (C=O) groups excluding carboxylic acids is 1. The molecule has 0 bridgehead atoms. The molecule has 0 radical (unpaired) electrons. The molecule has 1 N–H and O–H groups in total. The summed E-state index contributed by atoms with van der Waals surface area (Å²) < 4.78 is 5.50. The lowest BCUT2D eigenvalue weighted by molar-refractivity contribution is 0.0841. The minimum atomic E-state index is -0.105. The molecule has 134 valence electrons.